The summed E-state index contributed by atoms with van der Waals surface area (Å²) in [6.07, 6.45) is 4.91. The molecule has 6 heteroatoms. The molecule has 26 heavy (non-hydrogen) atoms. The van der Waals surface area contributed by atoms with E-state index in [1.54, 1.807) is 31.5 Å². The van der Waals surface area contributed by atoms with E-state index in [-0.39, 0.29) is 30.1 Å². The van der Waals surface area contributed by atoms with Gasteiger partial charge in [0.1, 0.15) is 17.7 Å². The van der Waals surface area contributed by atoms with E-state index >= 15 is 0 Å². The molecular weight excluding hydrogens is 335 g/mol. The third-order valence-corrected chi connectivity index (χ3v) is 4.47. The molecule has 3 heterocycles. The van der Waals surface area contributed by atoms with Crippen molar-refractivity contribution in [3.05, 3.63) is 71.7 Å². The SMILES string of the molecule is Cc1ccoc1C(=O)NC[C@@H]1Cc2c(F)ccc(-c3ccncc3)c2O1. The highest BCUT2D eigenvalue weighted by atomic mass is 19.1. The van der Waals surface area contributed by atoms with E-state index in [4.69, 9.17) is 9.15 Å². The average molecular weight is 352 g/mol. The summed E-state index contributed by atoms with van der Waals surface area (Å²) in [7, 11) is 0. The van der Waals surface area contributed by atoms with Gasteiger partial charge in [0.25, 0.3) is 5.91 Å². The van der Waals surface area contributed by atoms with Gasteiger partial charge in [-0.2, -0.15) is 0 Å². The molecule has 1 atom stereocenters. The zero-order valence-corrected chi connectivity index (χ0v) is 14.2. The molecule has 1 aliphatic rings. The van der Waals surface area contributed by atoms with Crippen molar-refractivity contribution in [2.24, 2.45) is 0 Å². The summed E-state index contributed by atoms with van der Waals surface area (Å²) in [5.41, 5.74) is 3.03. The first kappa shape index (κ1) is 16.3. The summed E-state index contributed by atoms with van der Waals surface area (Å²) in [6, 6.07) is 8.59. The lowest BCUT2D eigenvalue weighted by atomic mass is 10.0. The maximum atomic E-state index is 14.2. The fraction of sp³-hybridized carbons (Fsp3) is 0.200. The number of furan rings is 1. The molecular formula is C20H17FN2O3. The molecule has 0 saturated carbocycles. The fourth-order valence-electron chi connectivity index (χ4n) is 3.13. The largest absolute Gasteiger partial charge is 0.487 e. The minimum Gasteiger partial charge on any atom is -0.487 e. The van der Waals surface area contributed by atoms with Crippen molar-refractivity contribution in [1.82, 2.24) is 10.3 Å². The number of fused-ring (bicyclic) bond motifs is 1. The summed E-state index contributed by atoms with van der Waals surface area (Å²) in [6.45, 7) is 2.07. The number of carbonyl (C=O) groups is 1. The molecule has 4 rings (SSSR count). The van der Waals surface area contributed by atoms with E-state index in [0.29, 0.717) is 17.7 Å². The number of rotatable bonds is 4. The minimum atomic E-state index is -0.332. The Morgan fingerprint density at radius 2 is 2.08 bits per heavy atom. The summed E-state index contributed by atoms with van der Waals surface area (Å²) in [5.74, 6) is 0.212. The van der Waals surface area contributed by atoms with Crippen molar-refractivity contribution in [1.29, 1.82) is 0 Å². The summed E-state index contributed by atoms with van der Waals surface area (Å²) in [5, 5.41) is 2.79. The van der Waals surface area contributed by atoms with Gasteiger partial charge < -0.3 is 14.5 Å². The van der Waals surface area contributed by atoms with Gasteiger partial charge in [0, 0.05) is 35.5 Å². The van der Waals surface area contributed by atoms with Gasteiger partial charge in [-0.15, -0.1) is 0 Å². The highest BCUT2D eigenvalue weighted by molar-refractivity contribution is 5.92. The number of aryl methyl sites for hydroxylation is 1. The molecule has 1 amide bonds. The topological polar surface area (TPSA) is 64.4 Å². The van der Waals surface area contributed by atoms with Gasteiger partial charge in [-0.1, -0.05) is 0 Å². The molecule has 5 nitrogen and oxygen atoms in total. The maximum absolute atomic E-state index is 14.2. The van der Waals surface area contributed by atoms with Crippen LogP contribution in [0.5, 0.6) is 5.75 Å². The van der Waals surface area contributed by atoms with Crippen LogP contribution in [0, 0.1) is 12.7 Å². The molecule has 0 saturated heterocycles. The van der Waals surface area contributed by atoms with E-state index in [9.17, 15) is 9.18 Å². The fourth-order valence-corrected chi connectivity index (χ4v) is 3.13. The quantitative estimate of drug-likeness (QED) is 0.780. The van der Waals surface area contributed by atoms with E-state index in [2.05, 4.69) is 10.3 Å². The van der Waals surface area contributed by atoms with Crippen molar-refractivity contribution < 1.29 is 18.3 Å². The standard InChI is InChI=1S/C20H17FN2O3/c1-12-6-9-25-18(12)20(24)23-11-14-10-16-17(21)3-2-15(19(16)26-14)13-4-7-22-8-5-13/h2-9,14H,10-11H2,1H3,(H,23,24)/t14-/m0/s1. The number of carbonyl (C=O) groups excluding carboxylic acids is 1. The number of amides is 1. The average Bonchev–Trinajstić information content (AvgIpc) is 3.27. The second-order valence-electron chi connectivity index (χ2n) is 6.23. The molecule has 0 fully saturated rings. The molecule has 1 aliphatic heterocycles. The third kappa shape index (κ3) is 2.94. The van der Waals surface area contributed by atoms with Crippen LogP contribution in [0.2, 0.25) is 0 Å². The van der Waals surface area contributed by atoms with E-state index in [1.807, 2.05) is 12.1 Å². The molecule has 0 spiro atoms. The minimum absolute atomic E-state index is 0.267. The Bertz CT molecular complexity index is 953. The molecule has 1 N–H and O–H groups in total. The highest BCUT2D eigenvalue weighted by Gasteiger charge is 2.29. The summed E-state index contributed by atoms with van der Waals surface area (Å²) < 4.78 is 25.4. The predicted octanol–water partition coefficient (Wildman–Crippen LogP) is 3.52. The molecule has 132 valence electrons. The Labute approximate surface area is 149 Å². The first-order valence-corrected chi connectivity index (χ1v) is 8.34. The Balaban J connectivity index is 1.51. The van der Waals surface area contributed by atoms with Gasteiger partial charge in [0.15, 0.2) is 5.76 Å². The van der Waals surface area contributed by atoms with Crippen molar-refractivity contribution in [2.45, 2.75) is 19.4 Å². The number of nitrogens with zero attached hydrogens (tertiary/aromatic N) is 1. The Kier molecular flexibility index (Phi) is 4.16. The first-order chi connectivity index (χ1) is 12.6. The smallest absolute Gasteiger partial charge is 0.287 e. The number of nitrogens with one attached hydrogen (secondary N) is 1. The van der Waals surface area contributed by atoms with Crippen molar-refractivity contribution >= 4 is 5.91 Å². The highest BCUT2D eigenvalue weighted by Crippen LogP contribution is 2.40. The van der Waals surface area contributed by atoms with Crippen LogP contribution in [0.1, 0.15) is 21.7 Å². The van der Waals surface area contributed by atoms with Crippen LogP contribution >= 0.6 is 0 Å². The first-order valence-electron chi connectivity index (χ1n) is 8.34. The van der Waals surface area contributed by atoms with E-state index < -0.39 is 0 Å². The zero-order chi connectivity index (χ0) is 18.1. The zero-order valence-electron chi connectivity index (χ0n) is 14.2. The van der Waals surface area contributed by atoms with Crippen LogP contribution in [0.25, 0.3) is 11.1 Å². The number of halogens is 1. The normalized spacial score (nSPS) is 15.4. The lowest BCUT2D eigenvalue weighted by Crippen LogP contribution is -2.34. The Hall–Kier alpha value is -3.15. The van der Waals surface area contributed by atoms with Crippen molar-refractivity contribution in [3.8, 4) is 16.9 Å². The van der Waals surface area contributed by atoms with Gasteiger partial charge in [-0.25, -0.2) is 4.39 Å². The lowest BCUT2D eigenvalue weighted by molar-refractivity contribution is 0.0905. The molecule has 0 unspecified atom stereocenters. The van der Waals surface area contributed by atoms with Gasteiger partial charge in [-0.05, 0) is 42.8 Å². The molecule has 3 aromatic rings. The third-order valence-electron chi connectivity index (χ3n) is 4.47. The Morgan fingerprint density at radius 1 is 1.27 bits per heavy atom. The summed E-state index contributed by atoms with van der Waals surface area (Å²) in [4.78, 5) is 16.2. The Morgan fingerprint density at radius 3 is 2.81 bits per heavy atom. The second-order valence-corrected chi connectivity index (χ2v) is 6.23. The van der Waals surface area contributed by atoms with Crippen LogP contribution in [0.15, 0.2) is 53.4 Å². The maximum Gasteiger partial charge on any atom is 0.287 e. The van der Waals surface area contributed by atoms with Gasteiger partial charge >= 0.3 is 0 Å². The molecule has 0 radical (unpaired) electrons. The molecule has 0 bridgehead atoms. The number of hydrogen-bond acceptors (Lipinski definition) is 4. The molecule has 1 aromatic carbocycles. The predicted molar refractivity (Wildman–Crippen MR) is 93.5 cm³/mol. The van der Waals surface area contributed by atoms with Crippen molar-refractivity contribution in [2.75, 3.05) is 6.54 Å². The van der Waals surface area contributed by atoms with Crippen LogP contribution < -0.4 is 10.1 Å². The van der Waals surface area contributed by atoms with E-state index in [1.165, 1.54) is 12.3 Å². The van der Waals surface area contributed by atoms with Crippen molar-refractivity contribution in [3.63, 3.8) is 0 Å². The monoisotopic (exact) mass is 352 g/mol. The van der Waals surface area contributed by atoms with Crippen LogP contribution in [-0.2, 0) is 6.42 Å². The molecule has 0 aliphatic carbocycles. The number of hydrogen-bond donors (Lipinski definition) is 1. The van der Waals surface area contributed by atoms with Gasteiger partial charge in [0.2, 0.25) is 0 Å². The van der Waals surface area contributed by atoms with Crippen LogP contribution in [0.3, 0.4) is 0 Å². The van der Waals surface area contributed by atoms with Crippen LogP contribution in [-0.4, -0.2) is 23.5 Å². The van der Waals surface area contributed by atoms with Gasteiger partial charge in [0.05, 0.1) is 12.8 Å². The van der Waals surface area contributed by atoms with E-state index in [0.717, 1.165) is 16.7 Å². The number of pyridine rings is 1. The van der Waals surface area contributed by atoms with Gasteiger partial charge in [-0.3, -0.25) is 9.78 Å². The van der Waals surface area contributed by atoms with Crippen LogP contribution in [0.4, 0.5) is 4.39 Å². The number of benzene rings is 1. The summed E-state index contributed by atoms with van der Waals surface area (Å²) >= 11 is 0. The lowest BCUT2D eigenvalue weighted by Gasteiger charge is -2.13. The number of aromatic nitrogens is 1. The molecule has 2 aromatic heterocycles. The number of ether oxygens (including phenoxy) is 1. The second kappa shape index (κ2) is 6.63.